The zero-order valence-corrected chi connectivity index (χ0v) is 26.2. The number of amides is 1. The van der Waals surface area contributed by atoms with Gasteiger partial charge in [-0.15, -0.1) is 0 Å². The smallest absolute Gasteiger partial charge is 0.266 e. The van der Waals surface area contributed by atoms with E-state index in [0.717, 1.165) is 43.4 Å². The van der Waals surface area contributed by atoms with E-state index >= 15 is 0 Å². The molecule has 0 saturated carbocycles. The van der Waals surface area contributed by atoms with Crippen LogP contribution in [0, 0.1) is 0 Å². The second kappa shape index (κ2) is 17.8. The third-order valence-corrected chi connectivity index (χ3v) is 8.32. The minimum atomic E-state index is -0.316. The van der Waals surface area contributed by atoms with Crippen LogP contribution < -0.4 is 5.56 Å². The van der Waals surface area contributed by atoms with Gasteiger partial charge in [0.1, 0.15) is 5.82 Å². The fourth-order valence-electron chi connectivity index (χ4n) is 5.78. The highest BCUT2D eigenvalue weighted by Crippen LogP contribution is 2.26. The van der Waals surface area contributed by atoms with Crippen LogP contribution in [0.1, 0.15) is 135 Å². The lowest BCUT2D eigenvalue weighted by atomic mass is 10.0. The van der Waals surface area contributed by atoms with Crippen LogP contribution in [0.5, 0.6) is 0 Å². The summed E-state index contributed by atoms with van der Waals surface area (Å²) in [5.41, 5.74) is 2.55. The quantitative estimate of drug-likeness (QED) is 0.137. The molecule has 3 rings (SSSR count). The molecule has 1 atom stereocenters. The highest BCUT2D eigenvalue weighted by molar-refractivity contribution is 5.79. The Morgan fingerprint density at radius 1 is 0.780 bits per heavy atom. The Labute approximate surface area is 248 Å². The summed E-state index contributed by atoms with van der Waals surface area (Å²) < 4.78 is 1.76. The molecular formula is C36H53N3O2. The number of aromatic nitrogens is 2. The summed E-state index contributed by atoms with van der Waals surface area (Å²) in [6.45, 7) is 9.23. The third-order valence-electron chi connectivity index (χ3n) is 8.32. The Balaban J connectivity index is 1.75. The zero-order valence-electron chi connectivity index (χ0n) is 26.2. The average Bonchev–Trinajstić information content (AvgIpc) is 3.00. The van der Waals surface area contributed by atoms with Crippen molar-refractivity contribution < 1.29 is 4.79 Å². The monoisotopic (exact) mass is 559 g/mol. The van der Waals surface area contributed by atoms with E-state index in [4.69, 9.17) is 4.98 Å². The number of fused-ring (bicyclic) bond motifs is 1. The lowest BCUT2D eigenvalue weighted by Gasteiger charge is -2.31. The van der Waals surface area contributed by atoms with Crippen molar-refractivity contribution in [2.75, 3.05) is 6.54 Å². The van der Waals surface area contributed by atoms with Gasteiger partial charge in [0, 0.05) is 13.0 Å². The van der Waals surface area contributed by atoms with Crippen molar-refractivity contribution in [3.05, 3.63) is 70.3 Å². The van der Waals surface area contributed by atoms with Crippen LogP contribution >= 0.6 is 0 Å². The van der Waals surface area contributed by atoms with E-state index in [1.54, 1.807) is 4.57 Å². The van der Waals surface area contributed by atoms with Crippen molar-refractivity contribution in [3.8, 4) is 5.69 Å². The van der Waals surface area contributed by atoms with Crippen LogP contribution in [0.3, 0.4) is 0 Å². The maximum atomic E-state index is 13.9. The first-order chi connectivity index (χ1) is 20.0. The van der Waals surface area contributed by atoms with E-state index in [2.05, 4.69) is 26.8 Å². The largest absolute Gasteiger partial charge is 0.333 e. The summed E-state index contributed by atoms with van der Waals surface area (Å²) in [6, 6.07) is 15.3. The Hall–Kier alpha value is -2.95. The fourth-order valence-corrected chi connectivity index (χ4v) is 5.78. The number of aryl methyl sites for hydroxylation is 1. The molecular weight excluding hydrogens is 506 g/mol. The number of para-hydroxylation sites is 2. The van der Waals surface area contributed by atoms with Gasteiger partial charge in [-0.05, 0) is 49.9 Å². The van der Waals surface area contributed by atoms with E-state index < -0.39 is 0 Å². The first kappa shape index (κ1) is 32.6. The standard InChI is InChI=1S/C36H53N3O2/c1-5-8-10-11-12-13-14-15-16-17-18-27-34(40)38(28-9-6-2)29(4)35-37-32-25-21-20-24-31(32)36(41)39(35)33-26-22-19-23-30(33)7-3/h19-26,29H,5-18,27-28H2,1-4H3. The second-order valence-electron chi connectivity index (χ2n) is 11.5. The number of rotatable bonds is 19. The van der Waals surface area contributed by atoms with Gasteiger partial charge in [0.05, 0.1) is 22.6 Å². The van der Waals surface area contributed by atoms with Crippen molar-refractivity contribution in [3.63, 3.8) is 0 Å². The molecule has 5 heteroatoms. The molecule has 0 aliphatic carbocycles. The minimum Gasteiger partial charge on any atom is -0.333 e. The Bertz CT molecular complexity index is 1270. The highest BCUT2D eigenvalue weighted by Gasteiger charge is 2.26. The van der Waals surface area contributed by atoms with Crippen LogP contribution in [0.4, 0.5) is 0 Å². The molecule has 0 N–H and O–H groups in total. The molecule has 0 radical (unpaired) electrons. The first-order valence-electron chi connectivity index (χ1n) is 16.4. The summed E-state index contributed by atoms with van der Waals surface area (Å²) >= 11 is 0. The maximum Gasteiger partial charge on any atom is 0.266 e. The van der Waals surface area contributed by atoms with Crippen molar-refractivity contribution in [2.45, 2.75) is 130 Å². The van der Waals surface area contributed by atoms with Gasteiger partial charge in [0.2, 0.25) is 5.91 Å². The van der Waals surface area contributed by atoms with Gasteiger partial charge in [0.25, 0.3) is 5.56 Å². The molecule has 1 aromatic heterocycles. The van der Waals surface area contributed by atoms with Crippen molar-refractivity contribution in [1.82, 2.24) is 14.5 Å². The molecule has 3 aromatic rings. The van der Waals surface area contributed by atoms with Gasteiger partial charge >= 0.3 is 0 Å². The van der Waals surface area contributed by atoms with Crippen LogP contribution in [0.15, 0.2) is 53.3 Å². The van der Waals surface area contributed by atoms with Crippen molar-refractivity contribution in [2.24, 2.45) is 0 Å². The second-order valence-corrected chi connectivity index (χ2v) is 11.5. The predicted octanol–water partition coefficient (Wildman–Crippen LogP) is 9.34. The number of hydrogen-bond donors (Lipinski definition) is 0. The molecule has 0 spiro atoms. The maximum absolute atomic E-state index is 13.9. The lowest BCUT2D eigenvalue weighted by Crippen LogP contribution is -2.38. The van der Waals surface area contributed by atoms with E-state index in [-0.39, 0.29) is 17.5 Å². The summed E-state index contributed by atoms with van der Waals surface area (Å²) in [6.07, 6.45) is 17.2. The number of carbonyl (C=O) groups excluding carboxylic acids is 1. The minimum absolute atomic E-state index is 0.0772. The Morgan fingerprint density at radius 3 is 2.02 bits per heavy atom. The van der Waals surface area contributed by atoms with Crippen LogP contribution in [0.25, 0.3) is 16.6 Å². The fraction of sp³-hybridized carbons (Fsp3) is 0.583. The summed E-state index contributed by atoms with van der Waals surface area (Å²) in [4.78, 5) is 34.6. The third kappa shape index (κ3) is 9.28. The van der Waals surface area contributed by atoms with E-state index in [9.17, 15) is 9.59 Å². The molecule has 0 aliphatic rings. The highest BCUT2D eigenvalue weighted by atomic mass is 16.2. The van der Waals surface area contributed by atoms with Gasteiger partial charge < -0.3 is 4.90 Å². The number of benzene rings is 2. The topological polar surface area (TPSA) is 55.2 Å². The summed E-state index contributed by atoms with van der Waals surface area (Å²) in [5.74, 6) is 0.803. The SMILES string of the molecule is CCCCCCCCCCCCCC(=O)N(CCCC)C(C)c1nc2ccccc2c(=O)n1-c1ccccc1CC. The van der Waals surface area contributed by atoms with E-state index in [1.807, 2.05) is 54.3 Å². The van der Waals surface area contributed by atoms with Crippen molar-refractivity contribution in [1.29, 1.82) is 0 Å². The van der Waals surface area contributed by atoms with Gasteiger partial charge in [-0.3, -0.25) is 14.2 Å². The molecule has 0 bridgehead atoms. The average molecular weight is 560 g/mol. The van der Waals surface area contributed by atoms with Gasteiger partial charge in [-0.25, -0.2) is 4.98 Å². The van der Waals surface area contributed by atoms with Gasteiger partial charge in [-0.1, -0.05) is 122 Å². The van der Waals surface area contributed by atoms with Crippen molar-refractivity contribution >= 4 is 16.8 Å². The molecule has 0 saturated heterocycles. The van der Waals surface area contributed by atoms with Gasteiger partial charge in [0.15, 0.2) is 0 Å². The summed E-state index contributed by atoms with van der Waals surface area (Å²) in [5, 5.41) is 0.599. The number of hydrogen-bond acceptors (Lipinski definition) is 3. The van der Waals surface area contributed by atoms with Crippen LogP contribution in [-0.4, -0.2) is 26.9 Å². The Morgan fingerprint density at radius 2 is 1.37 bits per heavy atom. The Kier molecular flexibility index (Phi) is 14.1. The molecule has 1 amide bonds. The van der Waals surface area contributed by atoms with E-state index in [1.165, 1.54) is 57.8 Å². The molecule has 1 heterocycles. The summed E-state index contributed by atoms with van der Waals surface area (Å²) in [7, 11) is 0. The van der Waals surface area contributed by atoms with E-state index in [0.29, 0.717) is 29.7 Å². The normalized spacial score (nSPS) is 12.1. The molecule has 1 unspecified atom stereocenters. The molecule has 2 aromatic carbocycles. The molecule has 0 aliphatic heterocycles. The molecule has 41 heavy (non-hydrogen) atoms. The molecule has 224 valence electrons. The lowest BCUT2D eigenvalue weighted by molar-refractivity contribution is -0.133. The van der Waals surface area contributed by atoms with Crippen LogP contribution in [-0.2, 0) is 11.2 Å². The number of carbonyl (C=O) groups is 1. The zero-order chi connectivity index (χ0) is 29.5. The number of unbranched alkanes of at least 4 members (excludes halogenated alkanes) is 11. The molecule has 0 fully saturated rings. The van der Waals surface area contributed by atoms with Gasteiger partial charge in [-0.2, -0.15) is 0 Å². The first-order valence-corrected chi connectivity index (χ1v) is 16.4. The van der Waals surface area contributed by atoms with Crippen LogP contribution in [0.2, 0.25) is 0 Å². The number of nitrogens with zero attached hydrogens (tertiary/aromatic N) is 3. The molecule has 5 nitrogen and oxygen atoms in total. The predicted molar refractivity (Wildman–Crippen MR) is 173 cm³/mol.